The maximum absolute atomic E-state index is 13.1. The van der Waals surface area contributed by atoms with Gasteiger partial charge in [0, 0.05) is 13.1 Å². The van der Waals surface area contributed by atoms with Crippen LogP contribution in [0.25, 0.3) is 0 Å². The van der Waals surface area contributed by atoms with Crippen molar-refractivity contribution in [2.24, 2.45) is 0 Å². The van der Waals surface area contributed by atoms with Gasteiger partial charge in [-0.2, -0.15) is 0 Å². The molecule has 0 saturated heterocycles. The van der Waals surface area contributed by atoms with Crippen LogP contribution in [0.4, 0.5) is 4.39 Å². The fraction of sp³-hybridized carbons (Fsp3) is 0.385. The second-order valence-corrected chi connectivity index (χ2v) is 4.28. The van der Waals surface area contributed by atoms with Crippen molar-refractivity contribution >= 4 is 11.6 Å². The number of nitrogens with one attached hydrogen (secondary N) is 1. The third-order valence-electron chi connectivity index (χ3n) is 2.12. The topological polar surface area (TPSA) is 21.3 Å². The monoisotopic (exact) mass is 257 g/mol. The van der Waals surface area contributed by atoms with Gasteiger partial charge < -0.3 is 10.1 Å². The summed E-state index contributed by atoms with van der Waals surface area (Å²) in [5, 5.41) is 3.32. The van der Waals surface area contributed by atoms with Gasteiger partial charge in [0.25, 0.3) is 0 Å². The van der Waals surface area contributed by atoms with Crippen LogP contribution in [0.5, 0.6) is 0 Å². The largest absolute Gasteiger partial charge is 0.376 e. The molecule has 0 atom stereocenters. The van der Waals surface area contributed by atoms with Crippen molar-refractivity contribution in [3.05, 3.63) is 46.8 Å². The molecule has 4 heteroatoms. The first kappa shape index (κ1) is 14.2. The number of hydrogen-bond donors (Lipinski definition) is 1. The van der Waals surface area contributed by atoms with Gasteiger partial charge >= 0.3 is 0 Å². The third-order valence-corrected chi connectivity index (χ3v) is 2.54. The van der Waals surface area contributed by atoms with E-state index in [-0.39, 0.29) is 10.8 Å². The predicted molar refractivity (Wildman–Crippen MR) is 68.7 cm³/mol. The Morgan fingerprint density at radius 3 is 3.00 bits per heavy atom. The smallest absolute Gasteiger partial charge is 0.142 e. The summed E-state index contributed by atoms with van der Waals surface area (Å²) in [4.78, 5) is 0. The summed E-state index contributed by atoms with van der Waals surface area (Å²) in [6.45, 7) is 8.05. The Morgan fingerprint density at radius 1 is 1.53 bits per heavy atom. The van der Waals surface area contributed by atoms with E-state index in [1.54, 1.807) is 12.1 Å². The first-order valence-electron chi connectivity index (χ1n) is 5.47. The number of ether oxygens (including phenoxy) is 1. The number of hydrogen-bond acceptors (Lipinski definition) is 2. The van der Waals surface area contributed by atoms with E-state index < -0.39 is 0 Å². The molecular formula is C13H17ClFNO. The first-order chi connectivity index (χ1) is 8.11. The summed E-state index contributed by atoms with van der Waals surface area (Å²) < 4.78 is 18.4. The van der Waals surface area contributed by atoms with Crippen LogP contribution in [0.3, 0.4) is 0 Å². The Morgan fingerprint density at radius 2 is 2.29 bits per heavy atom. The van der Waals surface area contributed by atoms with Crippen LogP contribution in [0.2, 0.25) is 5.02 Å². The maximum Gasteiger partial charge on any atom is 0.142 e. The molecule has 0 heterocycles. The normalized spacial score (nSPS) is 10.5. The second-order valence-electron chi connectivity index (χ2n) is 3.90. The highest BCUT2D eigenvalue weighted by Gasteiger charge is 2.04. The van der Waals surface area contributed by atoms with Crippen LogP contribution < -0.4 is 5.32 Å². The zero-order chi connectivity index (χ0) is 12.7. The molecule has 0 bridgehead atoms. The van der Waals surface area contributed by atoms with E-state index in [0.29, 0.717) is 26.3 Å². The van der Waals surface area contributed by atoms with E-state index in [1.165, 1.54) is 6.07 Å². The molecule has 0 spiro atoms. The van der Waals surface area contributed by atoms with Gasteiger partial charge in [-0.1, -0.05) is 35.9 Å². The molecule has 0 aromatic heterocycles. The standard InChI is InChI=1S/C13H17ClFNO/c1-10(2)9-17-7-6-16-8-11-4-3-5-12(15)13(11)14/h3-5,16H,1,6-9H2,2H3. The minimum Gasteiger partial charge on any atom is -0.376 e. The maximum atomic E-state index is 13.1. The van der Waals surface area contributed by atoms with E-state index in [2.05, 4.69) is 11.9 Å². The summed E-state index contributed by atoms with van der Waals surface area (Å²) in [6.07, 6.45) is 0. The molecule has 0 aliphatic rings. The molecule has 94 valence electrons. The quantitative estimate of drug-likeness (QED) is 0.598. The summed E-state index contributed by atoms with van der Waals surface area (Å²) >= 11 is 5.82. The Hall–Kier alpha value is -0.900. The minimum absolute atomic E-state index is 0.183. The van der Waals surface area contributed by atoms with Gasteiger partial charge in [-0.05, 0) is 18.6 Å². The van der Waals surface area contributed by atoms with Crippen LogP contribution in [-0.2, 0) is 11.3 Å². The molecule has 0 amide bonds. The van der Waals surface area contributed by atoms with Crippen molar-refractivity contribution in [3.63, 3.8) is 0 Å². The summed E-state index contributed by atoms with van der Waals surface area (Å²) in [5.74, 6) is -0.385. The molecule has 0 aliphatic heterocycles. The highest BCUT2D eigenvalue weighted by Crippen LogP contribution is 2.19. The lowest BCUT2D eigenvalue weighted by Crippen LogP contribution is -2.19. The Bertz CT molecular complexity index is 382. The lowest BCUT2D eigenvalue weighted by Gasteiger charge is -2.07. The molecule has 1 N–H and O–H groups in total. The van der Waals surface area contributed by atoms with Crippen molar-refractivity contribution in [2.75, 3.05) is 19.8 Å². The highest BCUT2D eigenvalue weighted by atomic mass is 35.5. The molecule has 1 aromatic carbocycles. The van der Waals surface area contributed by atoms with Crippen molar-refractivity contribution in [1.82, 2.24) is 5.32 Å². The molecule has 1 rings (SSSR count). The fourth-order valence-electron chi connectivity index (χ4n) is 1.30. The zero-order valence-electron chi connectivity index (χ0n) is 9.93. The molecule has 0 aliphatic carbocycles. The van der Waals surface area contributed by atoms with E-state index in [4.69, 9.17) is 16.3 Å². The molecule has 0 unspecified atom stereocenters. The lowest BCUT2D eigenvalue weighted by atomic mass is 10.2. The Balaban J connectivity index is 2.22. The number of rotatable bonds is 7. The molecule has 2 nitrogen and oxygen atoms in total. The summed E-state index contributed by atoms with van der Waals surface area (Å²) in [6, 6.07) is 4.80. The van der Waals surface area contributed by atoms with E-state index in [1.807, 2.05) is 6.92 Å². The van der Waals surface area contributed by atoms with Crippen molar-refractivity contribution in [3.8, 4) is 0 Å². The molecule has 0 saturated carbocycles. The van der Waals surface area contributed by atoms with Crippen molar-refractivity contribution in [2.45, 2.75) is 13.5 Å². The van der Waals surface area contributed by atoms with Crippen molar-refractivity contribution < 1.29 is 9.13 Å². The van der Waals surface area contributed by atoms with Gasteiger partial charge in [0.15, 0.2) is 0 Å². The minimum atomic E-state index is -0.385. The van der Waals surface area contributed by atoms with E-state index in [9.17, 15) is 4.39 Å². The summed E-state index contributed by atoms with van der Waals surface area (Å²) in [5.41, 5.74) is 1.75. The van der Waals surface area contributed by atoms with Gasteiger partial charge in [-0.25, -0.2) is 4.39 Å². The molecule has 17 heavy (non-hydrogen) atoms. The van der Waals surface area contributed by atoms with Crippen molar-refractivity contribution in [1.29, 1.82) is 0 Å². The van der Waals surface area contributed by atoms with Crippen LogP contribution in [0, 0.1) is 5.82 Å². The van der Waals surface area contributed by atoms with Gasteiger partial charge in [-0.15, -0.1) is 0 Å². The highest BCUT2D eigenvalue weighted by molar-refractivity contribution is 6.31. The molecule has 0 fully saturated rings. The van der Waals surface area contributed by atoms with Crippen LogP contribution in [0.15, 0.2) is 30.4 Å². The van der Waals surface area contributed by atoms with E-state index in [0.717, 1.165) is 11.1 Å². The third kappa shape index (κ3) is 5.31. The number of benzene rings is 1. The van der Waals surface area contributed by atoms with E-state index >= 15 is 0 Å². The lowest BCUT2D eigenvalue weighted by molar-refractivity contribution is 0.158. The summed E-state index contributed by atoms with van der Waals surface area (Å²) in [7, 11) is 0. The molecule has 0 radical (unpaired) electrons. The number of halogens is 2. The van der Waals surface area contributed by atoms with Crippen LogP contribution >= 0.6 is 11.6 Å². The van der Waals surface area contributed by atoms with Crippen LogP contribution in [-0.4, -0.2) is 19.8 Å². The predicted octanol–water partition coefficient (Wildman–Crippen LogP) is 3.16. The van der Waals surface area contributed by atoms with Gasteiger partial charge in [0.05, 0.1) is 18.2 Å². The van der Waals surface area contributed by atoms with Crippen LogP contribution in [0.1, 0.15) is 12.5 Å². The van der Waals surface area contributed by atoms with Gasteiger partial charge in [0.2, 0.25) is 0 Å². The Kier molecular flexibility index (Phi) is 6.19. The first-order valence-corrected chi connectivity index (χ1v) is 5.85. The molecule has 1 aromatic rings. The average molecular weight is 258 g/mol. The fourth-order valence-corrected chi connectivity index (χ4v) is 1.49. The second kappa shape index (κ2) is 7.43. The SMILES string of the molecule is C=C(C)COCCNCc1cccc(F)c1Cl. The van der Waals surface area contributed by atoms with Gasteiger partial charge in [-0.3, -0.25) is 0 Å². The zero-order valence-corrected chi connectivity index (χ0v) is 10.7. The molecular weight excluding hydrogens is 241 g/mol. The average Bonchev–Trinajstić information content (AvgIpc) is 2.28. The Labute approximate surface area is 106 Å². The van der Waals surface area contributed by atoms with Gasteiger partial charge in [0.1, 0.15) is 5.82 Å².